The van der Waals surface area contributed by atoms with E-state index < -0.39 is 14.5 Å². The average molecular weight is 254 g/mol. The van der Waals surface area contributed by atoms with Gasteiger partial charge in [-0.05, 0) is 0 Å². The first-order chi connectivity index (χ1) is 7.90. The molecule has 0 rings (SSSR count). The summed E-state index contributed by atoms with van der Waals surface area (Å²) >= 11 is 0. The molecule has 0 N–H and O–H groups in total. The van der Waals surface area contributed by atoms with Crippen molar-refractivity contribution in [2.75, 3.05) is 6.61 Å². The Morgan fingerprint density at radius 3 is 2.35 bits per heavy atom. The highest BCUT2D eigenvalue weighted by atomic mass is 28.4. The predicted octanol–water partition coefficient (Wildman–Crippen LogP) is 1.74. The Morgan fingerprint density at radius 1 is 1.47 bits per heavy atom. The van der Waals surface area contributed by atoms with Gasteiger partial charge in [0.05, 0.1) is 6.61 Å². The van der Waals surface area contributed by atoms with E-state index >= 15 is 0 Å². The number of rotatable bonds is 6. The Bertz CT molecular complexity index is 346. The minimum Gasteiger partial charge on any atom is -0.485 e. The molecule has 0 saturated heterocycles. The van der Waals surface area contributed by atoms with Crippen LogP contribution in [0.1, 0.15) is 27.7 Å². The van der Waals surface area contributed by atoms with Gasteiger partial charge in [0.1, 0.15) is 0 Å². The molecule has 0 aliphatic carbocycles. The van der Waals surface area contributed by atoms with Crippen molar-refractivity contribution in [2.45, 2.75) is 38.8 Å². The standard InChI is InChI=1S/C11H18N2O3Si/c1-6-7-15-17(9(2)3,10(4)5)16-11(14)8-13-12/h1,8-10H,7H2,2-5H3. The van der Waals surface area contributed by atoms with Crippen LogP contribution in [0, 0.1) is 12.3 Å². The van der Waals surface area contributed by atoms with Gasteiger partial charge in [-0.15, -0.1) is 6.42 Å². The summed E-state index contributed by atoms with van der Waals surface area (Å²) in [7, 11) is -2.77. The highest BCUT2D eigenvalue weighted by Crippen LogP contribution is 2.34. The highest BCUT2D eigenvalue weighted by Gasteiger charge is 2.48. The minimum atomic E-state index is -2.77. The quantitative estimate of drug-likeness (QED) is 0.238. The van der Waals surface area contributed by atoms with Crippen molar-refractivity contribution >= 4 is 20.7 Å². The number of terminal acetylenes is 1. The van der Waals surface area contributed by atoms with Crippen LogP contribution in [0.2, 0.25) is 11.1 Å². The number of carbonyl (C=O) groups is 1. The van der Waals surface area contributed by atoms with Crippen molar-refractivity contribution in [1.29, 1.82) is 0 Å². The molecule has 0 heterocycles. The maximum absolute atomic E-state index is 11.4. The maximum atomic E-state index is 11.4. The molecular weight excluding hydrogens is 236 g/mol. The lowest BCUT2D eigenvalue weighted by Gasteiger charge is -2.35. The first kappa shape index (κ1) is 15.6. The fourth-order valence-electron chi connectivity index (χ4n) is 1.65. The van der Waals surface area contributed by atoms with E-state index in [0.29, 0.717) is 6.21 Å². The van der Waals surface area contributed by atoms with E-state index in [1.807, 2.05) is 27.7 Å². The van der Waals surface area contributed by atoms with Crippen LogP contribution in [-0.2, 0) is 13.6 Å². The van der Waals surface area contributed by atoms with Crippen LogP contribution in [0.3, 0.4) is 0 Å². The van der Waals surface area contributed by atoms with E-state index in [2.05, 4.69) is 10.7 Å². The molecule has 6 heteroatoms. The molecule has 0 fully saturated rings. The second-order valence-corrected chi connectivity index (χ2v) is 8.43. The normalized spacial score (nSPS) is 10.9. The Kier molecular flexibility index (Phi) is 6.44. The van der Waals surface area contributed by atoms with Crippen molar-refractivity contribution in [3.63, 3.8) is 0 Å². The van der Waals surface area contributed by atoms with Crippen molar-refractivity contribution in [1.82, 2.24) is 0 Å². The van der Waals surface area contributed by atoms with Gasteiger partial charge < -0.3 is 14.4 Å². The summed E-state index contributed by atoms with van der Waals surface area (Å²) in [6, 6.07) is 0. The van der Waals surface area contributed by atoms with Crippen LogP contribution in [0.5, 0.6) is 0 Å². The van der Waals surface area contributed by atoms with Gasteiger partial charge in [0.15, 0.2) is 0 Å². The predicted molar refractivity (Wildman–Crippen MR) is 66.5 cm³/mol. The summed E-state index contributed by atoms with van der Waals surface area (Å²) in [6.07, 6.45) is 5.88. The fraction of sp³-hybridized carbons (Fsp3) is 0.636. The zero-order chi connectivity index (χ0) is 13.5. The molecule has 0 unspecified atom stereocenters. The molecule has 0 spiro atoms. The molecular formula is C11H18N2O3Si. The molecule has 0 aliphatic rings. The molecule has 0 aromatic carbocycles. The Hall–Kier alpha value is -1.41. The first-order valence-electron chi connectivity index (χ1n) is 5.38. The lowest BCUT2D eigenvalue weighted by Crippen LogP contribution is -2.50. The topological polar surface area (TPSA) is 71.9 Å². The molecule has 0 atom stereocenters. The van der Waals surface area contributed by atoms with Crippen molar-refractivity contribution in [3.8, 4) is 12.3 Å². The molecule has 0 saturated carbocycles. The summed E-state index contributed by atoms with van der Waals surface area (Å²) in [5, 5.41) is 0. The van der Waals surface area contributed by atoms with Gasteiger partial charge in [0.25, 0.3) is 0 Å². The maximum Gasteiger partial charge on any atom is 0.408 e. The second-order valence-electron chi connectivity index (χ2n) is 4.19. The van der Waals surface area contributed by atoms with Crippen LogP contribution in [0.25, 0.3) is 5.53 Å². The Labute approximate surface area is 103 Å². The Balaban J connectivity index is 5.11. The number of hydrogen-bond acceptors (Lipinski definition) is 3. The summed E-state index contributed by atoms with van der Waals surface area (Å²) in [6.45, 7) is 7.79. The lowest BCUT2D eigenvalue weighted by atomic mass is 10.5. The molecule has 0 aliphatic heterocycles. The zero-order valence-electron chi connectivity index (χ0n) is 10.6. The second kappa shape index (κ2) is 7.02. The van der Waals surface area contributed by atoms with Gasteiger partial charge in [0.2, 0.25) is 0 Å². The van der Waals surface area contributed by atoms with E-state index in [-0.39, 0.29) is 17.7 Å². The van der Waals surface area contributed by atoms with E-state index in [4.69, 9.17) is 20.8 Å². The summed E-state index contributed by atoms with van der Waals surface area (Å²) in [4.78, 5) is 14.0. The summed E-state index contributed by atoms with van der Waals surface area (Å²) in [5.74, 6) is 1.67. The fourth-order valence-corrected chi connectivity index (χ4v) is 4.86. The molecule has 0 amide bonds. The number of hydrogen-bond donors (Lipinski definition) is 0. The lowest BCUT2D eigenvalue weighted by molar-refractivity contribution is -0.132. The van der Waals surface area contributed by atoms with Gasteiger partial charge >= 0.3 is 20.7 Å². The van der Waals surface area contributed by atoms with Crippen LogP contribution in [0.4, 0.5) is 0 Å². The molecule has 0 bridgehead atoms. The van der Waals surface area contributed by atoms with Gasteiger partial charge in [-0.3, -0.25) is 0 Å². The van der Waals surface area contributed by atoms with Gasteiger partial charge in [-0.1, -0.05) is 33.6 Å². The van der Waals surface area contributed by atoms with Crippen LogP contribution in [0.15, 0.2) is 0 Å². The van der Waals surface area contributed by atoms with Gasteiger partial charge in [-0.25, -0.2) is 4.79 Å². The molecule has 0 radical (unpaired) electrons. The highest BCUT2D eigenvalue weighted by molar-refractivity contribution is 6.72. The Morgan fingerprint density at radius 2 is 2.00 bits per heavy atom. The van der Waals surface area contributed by atoms with Crippen LogP contribution in [-0.4, -0.2) is 32.1 Å². The monoisotopic (exact) mass is 254 g/mol. The van der Waals surface area contributed by atoms with Crippen molar-refractivity contribution in [2.24, 2.45) is 0 Å². The van der Waals surface area contributed by atoms with E-state index in [1.54, 1.807) is 0 Å². The molecule has 5 nitrogen and oxygen atoms in total. The smallest absolute Gasteiger partial charge is 0.408 e. The largest absolute Gasteiger partial charge is 0.485 e. The molecule has 0 aromatic heterocycles. The molecule has 0 aromatic rings. The summed E-state index contributed by atoms with van der Waals surface area (Å²) < 4.78 is 11.0. The van der Waals surface area contributed by atoms with Crippen LogP contribution >= 0.6 is 0 Å². The van der Waals surface area contributed by atoms with E-state index in [0.717, 1.165) is 0 Å². The van der Waals surface area contributed by atoms with Gasteiger partial charge in [0, 0.05) is 11.1 Å². The van der Waals surface area contributed by atoms with Crippen molar-refractivity contribution in [3.05, 3.63) is 5.53 Å². The molecule has 94 valence electrons. The first-order valence-corrected chi connectivity index (χ1v) is 7.35. The minimum absolute atomic E-state index is 0.0480. The SMILES string of the molecule is C#CCO[Si](OC(=O)C=[N+]=[N-])(C(C)C)C(C)C. The van der Waals surface area contributed by atoms with Crippen molar-refractivity contribution < 1.29 is 18.4 Å². The third-order valence-electron chi connectivity index (χ3n) is 2.41. The average Bonchev–Trinajstić information content (AvgIpc) is 2.23. The van der Waals surface area contributed by atoms with E-state index in [9.17, 15) is 4.79 Å². The molecule has 17 heavy (non-hydrogen) atoms. The zero-order valence-corrected chi connectivity index (χ0v) is 11.6. The van der Waals surface area contributed by atoms with Crippen LogP contribution < -0.4 is 0 Å². The van der Waals surface area contributed by atoms with E-state index in [1.165, 1.54) is 0 Å². The summed E-state index contributed by atoms with van der Waals surface area (Å²) in [5.41, 5.74) is 8.39. The number of nitrogens with zero attached hydrogens (tertiary/aromatic N) is 2. The number of carbonyl (C=O) groups excluding carboxylic acids is 1. The third-order valence-corrected chi connectivity index (χ3v) is 6.75. The third kappa shape index (κ3) is 4.15. The van der Waals surface area contributed by atoms with Gasteiger partial charge in [-0.2, -0.15) is 4.79 Å².